The highest BCUT2D eigenvalue weighted by Crippen LogP contribution is 1.96. The van der Waals surface area contributed by atoms with Gasteiger partial charge in [-0.25, -0.2) is 0 Å². The molecule has 15 heavy (non-hydrogen) atoms. The van der Waals surface area contributed by atoms with Crippen LogP contribution in [-0.4, -0.2) is 35.0 Å². The molecule has 5 heteroatoms. The Morgan fingerprint density at radius 1 is 1.53 bits per heavy atom. The zero-order chi connectivity index (χ0) is 11.1. The van der Waals surface area contributed by atoms with Gasteiger partial charge in [0.25, 0.3) is 0 Å². The Morgan fingerprint density at radius 2 is 2.33 bits per heavy atom. The minimum Gasteiger partial charge on any atom is -0.383 e. The molecule has 0 spiro atoms. The van der Waals surface area contributed by atoms with Gasteiger partial charge in [-0.2, -0.15) is 0 Å². The molecule has 0 aliphatic rings. The first kappa shape index (κ1) is 12.1. The van der Waals surface area contributed by atoms with Crippen molar-refractivity contribution >= 4 is 0 Å². The molecule has 1 N–H and O–H groups in total. The van der Waals surface area contributed by atoms with E-state index in [1.165, 1.54) is 0 Å². The standard InChI is InChI=1S/C10H20N4O/c1-9(2)6-11-7-10-13-12-8-14(10)4-5-15-3/h8-9,11H,4-7H2,1-3H3. The number of hydrogen-bond donors (Lipinski definition) is 1. The molecule has 0 saturated heterocycles. The van der Waals surface area contributed by atoms with Crippen LogP contribution in [0.3, 0.4) is 0 Å². The lowest BCUT2D eigenvalue weighted by Crippen LogP contribution is -2.22. The van der Waals surface area contributed by atoms with Gasteiger partial charge in [0.1, 0.15) is 12.2 Å². The van der Waals surface area contributed by atoms with Crippen molar-refractivity contribution in [2.75, 3.05) is 20.3 Å². The van der Waals surface area contributed by atoms with Crippen molar-refractivity contribution in [3.63, 3.8) is 0 Å². The summed E-state index contributed by atoms with van der Waals surface area (Å²) in [6, 6.07) is 0. The number of nitrogens with one attached hydrogen (secondary N) is 1. The fourth-order valence-corrected chi connectivity index (χ4v) is 1.26. The minimum atomic E-state index is 0.653. The van der Waals surface area contributed by atoms with E-state index in [4.69, 9.17) is 4.74 Å². The van der Waals surface area contributed by atoms with Crippen LogP contribution < -0.4 is 5.32 Å². The Morgan fingerprint density at radius 3 is 3.00 bits per heavy atom. The molecular formula is C10H20N4O. The van der Waals surface area contributed by atoms with Crippen molar-refractivity contribution in [2.45, 2.75) is 26.9 Å². The minimum absolute atomic E-state index is 0.653. The molecule has 1 aromatic rings. The molecule has 1 heterocycles. The summed E-state index contributed by atoms with van der Waals surface area (Å²) in [6.45, 7) is 7.63. The van der Waals surface area contributed by atoms with Gasteiger partial charge in [0, 0.05) is 13.7 Å². The summed E-state index contributed by atoms with van der Waals surface area (Å²) >= 11 is 0. The highest BCUT2D eigenvalue weighted by Gasteiger charge is 2.03. The van der Waals surface area contributed by atoms with E-state index >= 15 is 0 Å². The average molecular weight is 212 g/mol. The summed E-state index contributed by atoms with van der Waals surface area (Å²) < 4.78 is 7.03. The fraction of sp³-hybridized carbons (Fsp3) is 0.800. The Labute approximate surface area is 90.8 Å². The quantitative estimate of drug-likeness (QED) is 0.722. The van der Waals surface area contributed by atoms with Gasteiger partial charge >= 0.3 is 0 Å². The molecule has 1 rings (SSSR count). The molecule has 0 atom stereocenters. The molecule has 0 bridgehead atoms. The average Bonchev–Trinajstić information content (AvgIpc) is 2.62. The van der Waals surface area contributed by atoms with Crippen LogP contribution in [0.5, 0.6) is 0 Å². The summed E-state index contributed by atoms with van der Waals surface area (Å²) in [5.41, 5.74) is 0. The highest BCUT2D eigenvalue weighted by atomic mass is 16.5. The van der Waals surface area contributed by atoms with Crippen molar-refractivity contribution in [1.82, 2.24) is 20.1 Å². The number of rotatable bonds is 7. The molecule has 0 aliphatic carbocycles. The zero-order valence-electron chi connectivity index (χ0n) is 9.73. The lowest BCUT2D eigenvalue weighted by molar-refractivity contribution is 0.186. The van der Waals surface area contributed by atoms with E-state index in [2.05, 4.69) is 29.4 Å². The van der Waals surface area contributed by atoms with Gasteiger partial charge in [-0.05, 0) is 12.5 Å². The van der Waals surface area contributed by atoms with Crippen molar-refractivity contribution in [1.29, 1.82) is 0 Å². The monoisotopic (exact) mass is 212 g/mol. The molecule has 0 radical (unpaired) electrons. The maximum absolute atomic E-state index is 5.02. The van der Waals surface area contributed by atoms with Crippen LogP contribution in [0.25, 0.3) is 0 Å². The molecule has 0 aromatic carbocycles. The van der Waals surface area contributed by atoms with E-state index in [1.807, 2.05) is 4.57 Å². The summed E-state index contributed by atoms with van der Waals surface area (Å²) in [5.74, 6) is 1.62. The topological polar surface area (TPSA) is 52.0 Å². The third kappa shape index (κ3) is 4.40. The smallest absolute Gasteiger partial charge is 0.146 e. The van der Waals surface area contributed by atoms with Gasteiger partial charge in [-0.15, -0.1) is 10.2 Å². The van der Waals surface area contributed by atoms with Crippen molar-refractivity contribution < 1.29 is 4.74 Å². The van der Waals surface area contributed by atoms with Gasteiger partial charge < -0.3 is 14.6 Å². The lowest BCUT2D eigenvalue weighted by atomic mass is 10.2. The molecule has 5 nitrogen and oxygen atoms in total. The van der Waals surface area contributed by atoms with Gasteiger partial charge in [0.15, 0.2) is 0 Å². The number of aromatic nitrogens is 3. The van der Waals surface area contributed by atoms with Crippen LogP contribution in [0, 0.1) is 5.92 Å². The molecule has 0 unspecified atom stereocenters. The Kier molecular flexibility index (Phi) is 5.28. The number of hydrogen-bond acceptors (Lipinski definition) is 4. The Balaban J connectivity index is 2.35. The molecule has 0 amide bonds. The summed E-state index contributed by atoms with van der Waals surface area (Å²) in [4.78, 5) is 0. The molecular weight excluding hydrogens is 192 g/mol. The van der Waals surface area contributed by atoms with Gasteiger partial charge in [0.2, 0.25) is 0 Å². The molecule has 0 aliphatic heterocycles. The largest absolute Gasteiger partial charge is 0.383 e. The second-order valence-electron chi connectivity index (χ2n) is 3.96. The Hall–Kier alpha value is -0.940. The summed E-state index contributed by atoms with van der Waals surface area (Å²) in [7, 11) is 1.70. The van der Waals surface area contributed by atoms with Crippen LogP contribution in [0.4, 0.5) is 0 Å². The first-order chi connectivity index (χ1) is 7.24. The van der Waals surface area contributed by atoms with Gasteiger partial charge in [0.05, 0.1) is 13.2 Å². The van der Waals surface area contributed by atoms with E-state index in [0.717, 1.165) is 25.5 Å². The SMILES string of the molecule is COCCn1cnnc1CNCC(C)C. The molecule has 86 valence electrons. The van der Waals surface area contributed by atoms with Crippen molar-refractivity contribution in [3.05, 3.63) is 12.2 Å². The number of methoxy groups -OCH3 is 1. The lowest BCUT2D eigenvalue weighted by Gasteiger charge is -2.08. The highest BCUT2D eigenvalue weighted by molar-refractivity contribution is 4.84. The maximum atomic E-state index is 5.02. The third-order valence-corrected chi connectivity index (χ3v) is 2.07. The first-order valence-electron chi connectivity index (χ1n) is 5.30. The molecule has 1 aromatic heterocycles. The first-order valence-corrected chi connectivity index (χ1v) is 5.30. The number of nitrogens with zero attached hydrogens (tertiary/aromatic N) is 3. The predicted molar refractivity (Wildman–Crippen MR) is 58.4 cm³/mol. The van der Waals surface area contributed by atoms with Crippen LogP contribution >= 0.6 is 0 Å². The van der Waals surface area contributed by atoms with Crippen LogP contribution in [-0.2, 0) is 17.8 Å². The Bertz CT molecular complexity index is 272. The fourth-order valence-electron chi connectivity index (χ4n) is 1.26. The van der Waals surface area contributed by atoms with Gasteiger partial charge in [-0.1, -0.05) is 13.8 Å². The van der Waals surface area contributed by atoms with E-state index in [1.54, 1.807) is 13.4 Å². The summed E-state index contributed by atoms with van der Waals surface area (Å²) in [5, 5.41) is 11.3. The van der Waals surface area contributed by atoms with E-state index in [9.17, 15) is 0 Å². The summed E-state index contributed by atoms with van der Waals surface area (Å²) in [6.07, 6.45) is 1.74. The normalized spacial score (nSPS) is 11.2. The molecule has 0 fully saturated rings. The van der Waals surface area contributed by atoms with E-state index < -0.39 is 0 Å². The molecule has 0 saturated carbocycles. The zero-order valence-corrected chi connectivity index (χ0v) is 9.73. The number of ether oxygens (including phenoxy) is 1. The van der Waals surface area contributed by atoms with Crippen molar-refractivity contribution in [2.24, 2.45) is 5.92 Å². The van der Waals surface area contributed by atoms with Crippen LogP contribution in [0.2, 0.25) is 0 Å². The maximum Gasteiger partial charge on any atom is 0.146 e. The van der Waals surface area contributed by atoms with Gasteiger partial charge in [-0.3, -0.25) is 0 Å². The van der Waals surface area contributed by atoms with Crippen LogP contribution in [0.15, 0.2) is 6.33 Å². The third-order valence-electron chi connectivity index (χ3n) is 2.07. The predicted octanol–water partition coefficient (Wildman–Crippen LogP) is 0.670. The second kappa shape index (κ2) is 6.53. The second-order valence-corrected chi connectivity index (χ2v) is 3.96. The van der Waals surface area contributed by atoms with E-state index in [0.29, 0.717) is 12.5 Å². The van der Waals surface area contributed by atoms with Crippen molar-refractivity contribution in [3.8, 4) is 0 Å². The van der Waals surface area contributed by atoms with Crippen LogP contribution in [0.1, 0.15) is 19.7 Å². The van der Waals surface area contributed by atoms with E-state index in [-0.39, 0.29) is 0 Å².